The van der Waals surface area contributed by atoms with Crippen LogP contribution in [0.15, 0.2) is 48.5 Å². The van der Waals surface area contributed by atoms with Crippen LogP contribution in [0, 0.1) is 17.0 Å². The van der Waals surface area contributed by atoms with Gasteiger partial charge in [0, 0.05) is 0 Å². The number of nitrogens with one attached hydrogen (secondary N) is 4. The quantitative estimate of drug-likeness (QED) is 0.428. The minimum atomic E-state index is -1.78. The van der Waals surface area contributed by atoms with Crippen LogP contribution in [0.1, 0.15) is 23.2 Å². The summed E-state index contributed by atoms with van der Waals surface area (Å²) in [5.74, 6) is -2.24. The van der Waals surface area contributed by atoms with Crippen LogP contribution in [-0.2, 0) is 9.59 Å². The van der Waals surface area contributed by atoms with E-state index in [9.17, 15) is 18.4 Å². The molecule has 2 aliphatic heterocycles. The normalized spacial score (nSPS) is 23.1. The van der Waals surface area contributed by atoms with Crippen molar-refractivity contribution in [3.05, 3.63) is 71.3 Å². The monoisotopic (exact) mass is 432 g/mol. The van der Waals surface area contributed by atoms with Gasteiger partial charge in [0.25, 0.3) is 0 Å². The third kappa shape index (κ3) is 3.14. The van der Waals surface area contributed by atoms with Crippen LogP contribution < -0.4 is 21.3 Å². The summed E-state index contributed by atoms with van der Waals surface area (Å²) < 4.78 is 27.0. The van der Waals surface area contributed by atoms with Crippen molar-refractivity contribution in [1.82, 2.24) is 21.3 Å². The first kappa shape index (κ1) is 19.3. The zero-order valence-corrected chi connectivity index (χ0v) is 16.3. The van der Waals surface area contributed by atoms with Crippen LogP contribution in [-0.4, -0.2) is 22.0 Å². The summed E-state index contributed by atoms with van der Waals surface area (Å²) in [6, 6.07) is 8.92. The van der Waals surface area contributed by atoms with Gasteiger partial charge in [-0.15, -0.1) is 0 Å². The van der Waals surface area contributed by atoms with Crippen LogP contribution in [0.2, 0.25) is 0 Å². The van der Waals surface area contributed by atoms with E-state index in [2.05, 4.69) is 21.3 Å². The maximum Gasteiger partial charge on any atom is 0.246 e. The van der Waals surface area contributed by atoms with E-state index in [-0.39, 0.29) is 10.2 Å². The summed E-state index contributed by atoms with van der Waals surface area (Å²) in [5.41, 5.74) is -0.832. The van der Waals surface area contributed by atoms with E-state index in [1.807, 2.05) is 0 Å². The summed E-state index contributed by atoms with van der Waals surface area (Å²) in [5, 5.41) is 11.0. The van der Waals surface area contributed by atoms with Gasteiger partial charge in [-0.25, -0.2) is 8.78 Å². The molecule has 2 aliphatic rings. The van der Waals surface area contributed by atoms with Gasteiger partial charge in [0.05, 0.1) is 12.1 Å². The summed E-state index contributed by atoms with van der Waals surface area (Å²) >= 11 is 10.3. The number of benzene rings is 2. The van der Waals surface area contributed by atoms with Gasteiger partial charge in [-0.1, -0.05) is 24.3 Å². The van der Waals surface area contributed by atoms with Crippen LogP contribution in [0.5, 0.6) is 0 Å². The third-order valence-electron chi connectivity index (χ3n) is 5.07. The fourth-order valence-electron chi connectivity index (χ4n) is 3.77. The number of rotatable bonds is 2. The molecule has 1 spiro atoms. The minimum Gasteiger partial charge on any atom is -0.354 e. The highest BCUT2D eigenvalue weighted by atomic mass is 32.1. The van der Waals surface area contributed by atoms with Gasteiger partial charge in [0.15, 0.2) is 15.6 Å². The molecule has 0 radical (unpaired) electrons. The van der Waals surface area contributed by atoms with Crippen molar-refractivity contribution in [2.24, 2.45) is 5.41 Å². The Morgan fingerprint density at radius 2 is 1.07 bits per heavy atom. The fourth-order valence-corrected chi connectivity index (χ4v) is 4.19. The molecule has 2 heterocycles. The maximum atomic E-state index is 13.5. The van der Waals surface area contributed by atoms with Crippen LogP contribution >= 0.6 is 24.4 Å². The molecule has 6 nitrogen and oxygen atoms in total. The smallest absolute Gasteiger partial charge is 0.246 e. The zero-order valence-electron chi connectivity index (χ0n) is 14.7. The average molecular weight is 432 g/mol. The van der Waals surface area contributed by atoms with E-state index in [0.29, 0.717) is 11.1 Å². The highest BCUT2D eigenvalue weighted by Gasteiger charge is 2.63. The summed E-state index contributed by atoms with van der Waals surface area (Å²) in [6.07, 6.45) is 0. The minimum absolute atomic E-state index is 0.116. The predicted molar refractivity (Wildman–Crippen MR) is 108 cm³/mol. The average Bonchev–Trinajstić information content (AvgIpc) is 2.67. The van der Waals surface area contributed by atoms with Crippen LogP contribution in [0.25, 0.3) is 0 Å². The van der Waals surface area contributed by atoms with Gasteiger partial charge >= 0.3 is 0 Å². The Morgan fingerprint density at radius 1 is 0.690 bits per heavy atom. The second kappa shape index (κ2) is 7.12. The summed E-state index contributed by atoms with van der Waals surface area (Å²) in [6.45, 7) is 0. The number of hydrogen-bond donors (Lipinski definition) is 4. The molecule has 4 N–H and O–H groups in total. The number of carbonyl (C=O) groups is 2. The number of thiocarbonyl (C=S) groups is 2. The largest absolute Gasteiger partial charge is 0.354 e. The molecule has 0 aliphatic carbocycles. The lowest BCUT2D eigenvalue weighted by Gasteiger charge is -2.50. The van der Waals surface area contributed by atoms with E-state index in [1.165, 1.54) is 48.5 Å². The molecule has 10 heteroatoms. The van der Waals surface area contributed by atoms with Crippen LogP contribution in [0.3, 0.4) is 0 Å². The van der Waals surface area contributed by atoms with Crippen molar-refractivity contribution in [3.63, 3.8) is 0 Å². The molecule has 4 rings (SSSR count). The molecular weight excluding hydrogens is 418 g/mol. The molecule has 0 aromatic heterocycles. The third-order valence-corrected chi connectivity index (χ3v) is 5.51. The summed E-state index contributed by atoms with van der Waals surface area (Å²) in [7, 11) is 0. The Labute approximate surface area is 175 Å². The predicted octanol–water partition coefficient (Wildman–Crippen LogP) is 1.74. The van der Waals surface area contributed by atoms with Gasteiger partial charge in [-0.3, -0.25) is 9.59 Å². The second-order valence-corrected chi connectivity index (χ2v) is 7.51. The van der Waals surface area contributed by atoms with Crippen molar-refractivity contribution in [3.8, 4) is 0 Å². The zero-order chi connectivity index (χ0) is 20.8. The Kier molecular flexibility index (Phi) is 4.75. The van der Waals surface area contributed by atoms with Gasteiger partial charge < -0.3 is 21.3 Å². The number of carbonyl (C=O) groups excluding carboxylic acids is 2. The topological polar surface area (TPSA) is 82.3 Å². The van der Waals surface area contributed by atoms with E-state index in [4.69, 9.17) is 24.4 Å². The Bertz CT molecular complexity index is 948. The van der Waals surface area contributed by atoms with Crippen molar-refractivity contribution in [2.45, 2.75) is 12.1 Å². The first-order valence-electron chi connectivity index (χ1n) is 8.57. The fraction of sp³-hybridized carbons (Fsp3) is 0.158. The molecule has 2 saturated heterocycles. The lowest BCUT2D eigenvalue weighted by atomic mass is 9.66. The number of amides is 2. The van der Waals surface area contributed by atoms with Gasteiger partial charge in [0.2, 0.25) is 11.8 Å². The van der Waals surface area contributed by atoms with E-state index in [0.717, 1.165) is 0 Å². The van der Waals surface area contributed by atoms with Gasteiger partial charge in [-0.2, -0.15) is 0 Å². The molecule has 2 aromatic rings. The summed E-state index contributed by atoms with van der Waals surface area (Å²) in [4.78, 5) is 26.5. The molecule has 148 valence electrons. The van der Waals surface area contributed by atoms with Crippen molar-refractivity contribution < 1.29 is 18.4 Å². The Hall–Kier alpha value is -2.98. The molecule has 2 fully saturated rings. The van der Waals surface area contributed by atoms with Crippen molar-refractivity contribution in [2.75, 3.05) is 0 Å². The van der Waals surface area contributed by atoms with Crippen molar-refractivity contribution >= 4 is 46.5 Å². The molecular formula is C19H14F2N4O2S2. The molecule has 0 unspecified atom stereocenters. The van der Waals surface area contributed by atoms with Crippen LogP contribution in [0.4, 0.5) is 8.78 Å². The number of halogens is 2. The molecule has 29 heavy (non-hydrogen) atoms. The molecule has 0 saturated carbocycles. The standard InChI is InChI=1S/C19H14F2N4O2S2/c20-11-5-1-9(2-6-11)13-19(15(26)24-18(29)25-16(19)27)14(23-17(28)22-13)10-3-7-12(21)8-4-10/h1-8,13-14H,(H2,22,23,28)(H2,24,25,26,27,29)/t13-,14-/m1/s1. The highest BCUT2D eigenvalue weighted by Crippen LogP contribution is 2.48. The van der Waals surface area contributed by atoms with Gasteiger partial charge in [0.1, 0.15) is 11.6 Å². The molecule has 2 atom stereocenters. The van der Waals surface area contributed by atoms with E-state index >= 15 is 0 Å². The highest BCUT2D eigenvalue weighted by molar-refractivity contribution is 7.80. The SMILES string of the molecule is O=C1NC(=S)NC(=O)C12[C@@H](c1ccc(F)cc1)NC(=S)N[C@@H]2c1ccc(F)cc1. The van der Waals surface area contributed by atoms with Gasteiger partial charge in [-0.05, 0) is 59.8 Å². The first-order chi connectivity index (χ1) is 13.8. The second-order valence-electron chi connectivity index (χ2n) is 6.69. The Morgan fingerprint density at radius 3 is 1.45 bits per heavy atom. The van der Waals surface area contributed by atoms with Crippen molar-refractivity contribution in [1.29, 1.82) is 0 Å². The Balaban J connectivity index is 1.93. The molecule has 2 aromatic carbocycles. The molecule has 0 bridgehead atoms. The first-order valence-corrected chi connectivity index (χ1v) is 9.39. The lowest BCUT2D eigenvalue weighted by molar-refractivity contribution is -0.149. The van der Waals surface area contributed by atoms with E-state index < -0.39 is 40.9 Å². The van der Waals surface area contributed by atoms with E-state index in [1.54, 1.807) is 0 Å². The lowest BCUT2D eigenvalue weighted by Crippen LogP contribution is -2.73. The molecule has 2 amide bonds. The number of hydrogen-bond acceptors (Lipinski definition) is 4. The maximum absolute atomic E-state index is 13.5.